The lowest BCUT2D eigenvalue weighted by Gasteiger charge is -2.21. The van der Waals surface area contributed by atoms with E-state index in [-0.39, 0.29) is 18.2 Å². The quantitative estimate of drug-likeness (QED) is 0.719. The van der Waals surface area contributed by atoms with Crippen molar-refractivity contribution in [1.82, 2.24) is 4.90 Å². The average molecular weight is 384 g/mol. The number of aryl methyl sites for hydroxylation is 1. The molecule has 6 nitrogen and oxygen atoms in total. The molecule has 0 fully saturated rings. The zero-order chi connectivity index (χ0) is 20.5. The fourth-order valence-electron chi connectivity index (χ4n) is 2.89. The van der Waals surface area contributed by atoms with E-state index in [1.54, 1.807) is 19.1 Å². The molecule has 0 unspecified atom stereocenters. The van der Waals surface area contributed by atoms with Gasteiger partial charge in [0, 0.05) is 32.1 Å². The zero-order valence-electron chi connectivity index (χ0n) is 17.0. The van der Waals surface area contributed by atoms with E-state index in [9.17, 15) is 9.59 Å². The summed E-state index contributed by atoms with van der Waals surface area (Å²) in [6.07, 6.45) is 0.916. The molecule has 6 heteroatoms. The SMILES string of the molecule is COc1ccc(CCN(CCC(=O)Nc2ccccc2C)C(C)=O)cc1OC. The first kappa shape index (κ1) is 21.3. The van der Waals surface area contributed by atoms with E-state index < -0.39 is 0 Å². The van der Waals surface area contributed by atoms with Crippen molar-refractivity contribution < 1.29 is 19.1 Å². The van der Waals surface area contributed by atoms with Gasteiger partial charge < -0.3 is 19.7 Å². The lowest BCUT2D eigenvalue weighted by molar-refractivity contribution is -0.129. The molecule has 0 saturated heterocycles. The third-order valence-corrected chi connectivity index (χ3v) is 4.59. The molecular formula is C22H28N2O4. The van der Waals surface area contributed by atoms with Crippen molar-refractivity contribution >= 4 is 17.5 Å². The predicted octanol–water partition coefficient (Wildman–Crippen LogP) is 3.43. The van der Waals surface area contributed by atoms with Gasteiger partial charge in [-0.05, 0) is 42.7 Å². The van der Waals surface area contributed by atoms with E-state index in [1.807, 2.05) is 49.4 Å². The van der Waals surface area contributed by atoms with Crippen molar-refractivity contribution in [2.24, 2.45) is 0 Å². The zero-order valence-corrected chi connectivity index (χ0v) is 17.0. The summed E-state index contributed by atoms with van der Waals surface area (Å²) in [5.41, 5.74) is 2.84. The molecule has 28 heavy (non-hydrogen) atoms. The van der Waals surface area contributed by atoms with Crippen LogP contribution in [0.25, 0.3) is 0 Å². The van der Waals surface area contributed by atoms with Crippen LogP contribution in [0.4, 0.5) is 5.69 Å². The molecule has 0 aliphatic heterocycles. The van der Waals surface area contributed by atoms with Crippen LogP contribution in [0.15, 0.2) is 42.5 Å². The van der Waals surface area contributed by atoms with Gasteiger partial charge in [-0.3, -0.25) is 9.59 Å². The molecular weight excluding hydrogens is 356 g/mol. The van der Waals surface area contributed by atoms with Gasteiger partial charge in [-0.2, -0.15) is 0 Å². The Balaban J connectivity index is 1.90. The van der Waals surface area contributed by atoms with Gasteiger partial charge in [-0.1, -0.05) is 24.3 Å². The predicted molar refractivity (Wildman–Crippen MR) is 110 cm³/mol. The highest BCUT2D eigenvalue weighted by atomic mass is 16.5. The number of methoxy groups -OCH3 is 2. The molecule has 0 aromatic heterocycles. The molecule has 0 saturated carbocycles. The van der Waals surface area contributed by atoms with E-state index in [1.165, 1.54) is 6.92 Å². The maximum Gasteiger partial charge on any atom is 0.226 e. The number of hydrogen-bond acceptors (Lipinski definition) is 4. The van der Waals surface area contributed by atoms with E-state index in [0.717, 1.165) is 16.8 Å². The molecule has 2 amide bonds. The molecule has 0 atom stereocenters. The van der Waals surface area contributed by atoms with Gasteiger partial charge in [0.15, 0.2) is 11.5 Å². The second-order valence-corrected chi connectivity index (χ2v) is 6.56. The summed E-state index contributed by atoms with van der Waals surface area (Å²) in [4.78, 5) is 25.9. The molecule has 2 rings (SSSR count). The number of nitrogens with zero attached hydrogens (tertiary/aromatic N) is 1. The van der Waals surface area contributed by atoms with Crippen LogP contribution in [0.1, 0.15) is 24.5 Å². The number of benzene rings is 2. The summed E-state index contributed by atoms with van der Waals surface area (Å²) in [5, 5.41) is 2.90. The summed E-state index contributed by atoms with van der Waals surface area (Å²) in [6.45, 7) is 4.37. The number of para-hydroxylation sites is 1. The maximum atomic E-state index is 12.2. The molecule has 0 radical (unpaired) electrons. The Morgan fingerprint density at radius 1 is 1.00 bits per heavy atom. The third kappa shape index (κ3) is 6.01. The van der Waals surface area contributed by atoms with Gasteiger partial charge >= 0.3 is 0 Å². The molecule has 0 aliphatic rings. The Morgan fingerprint density at radius 2 is 1.71 bits per heavy atom. The minimum absolute atomic E-state index is 0.0517. The Kier molecular flexibility index (Phi) is 7.87. The van der Waals surface area contributed by atoms with Crippen molar-refractivity contribution in [1.29, 1.82) is 0 Å². The van der Waals surface area contributed by atoms with Crippen LogP contribution in [-0.4, -0.2) is 44.0 Å². The lowest BCUT2D eigenvalue weighted by atomic mass is 10.1. The molecule has 1 N–H and O–H groups in total. The van der Waals surface area contributed by atoms with Crippen molar-refractivity contribution in [3.63, 3.8) is 0 Å². The van der Waals surface area contributed by atoms with E-state index in [4.69, 9.17) is 9.47 Å². The summed E-state index contributed by atoms with van der Waals surface area (Å²) >= 11 is 0. The lowest BCUT2D eigenvalue weighted by Crippen LogP contribution is -2.33. The summed E-state index contributed by atoms with van der Waals surface area (Å²) in [6, 6.07) is 13.3. The second kappa shape index (κ2) is 10.3. The topological polar surface area (TPSA) is 67.9 Å². The number of carbonyl (C=O) groups excluding carboxylic acids is 2. The molecule has 0 spiro atoms. The number of ether oxygens (including phenoxy) is 2. The van der Waals surface area contributed by atoms with E-state index in [2.05, 4.69) is 5.32 Å². The highest BCUT2D eigenvalue weighted by molar-refractivity contribution is 5.91. The average Bonchev–Trinajstić information content (AvgIpc) is 2.69. The Bertz CT molecular complexity index is 820. The molecule has 2 aromatic carbocycles. The first-order valence-corrected chi connectivity index (χ1v) is 9.26. The van der Waals surface area contributed by atoms with Crippen LogP contribution in [-0.2, 0) is 16.0 Å². The first-order valence-electron chi connectivity index (χ1n) is 9.26. The van der Waals surface area contributed by atoms with E-state index >= 15 is 0 Å². The van der Waals surface area contributed by atoms with Crippen molar-refractivity contribution in [2.75, 3.05) is 32.6 Å². The smallest absolute Gasteiger partial charge is 0.226 e. The fraction of sp³-hybridized carbons (Fsp3) is 0.364. The maximum absolute atomic E-state index is 12.2. The van der Waals surface area contributed by atoms with Gasteiger partial charge in [0.2, 0.25) is 11.8 Å². The number of rotatable bonds is 9. The minimum atomic E-state index is -0.105. The summed E-state index contributed by atoms with van der Waals surface area (Å²) in [7, 11) is 3.19. The fourth-order valence-corrected chi connectivity index (χ4v) is 2.89. The third-order valence-electron chi connectivity index (χ3n) is 4.59. The summed E-state index contributed by atoms with van der Waals surface area (Å²) < 4.78 is 10.6. The highest BCUT2D eigenvalue weighted by Gasteiger charge is 2.13. The number of nitrogens with one attached hydrogen (secondary N) is 1. The number of carbonyl (C=O) groups is 2. The van der Waals surface area contributed by atoms with Gasteiger partial charge in [0.1, 0.15) is 0 Å². The monoisotopic (exact) mass is 384 g/mol. The Morgan fingerprint density at radius 3 is 2.36 bits per heavy atom. The van der Waals surface area contributed by atoms with Crippen molar-refractivity contribution in [3.05, 3.63) is 53.6 Å². The number of anilines is 1. The van der Waals surface area contributed by atoms with E-state index in [0.29, 0.717) is 31.0 Å². The largest absolute Gasteiger partial charge is 0.493 e. The van der Waals surface area contributed by atoms with Crippen LogP contribution in [0.2, 0.25) is 0 Å². The van der Waals surface area contributed by atoms with Crippen LogP contribution < -0.4 is 14.8 Å². The highest BCUT2D eigenvalue weighted by Crippen LogP contribution is 2.27. The Hall–Kier alpha value is -3.02. The van der Waals surface area contributed by atoms with Gasteiger partial charge in [0.05, 0.1) is 14.2 Å². The number of amides is 2. The van der Waals surface area contributed by atoms with Crippen LogP contribution >= 0.6 is 0 Å². The number of hydrogen-bond donors (Lipinski definition) is 1. The molecule has 0 bridgehead atoms. The van der Waals surface area contributed by atoms with Crippen molar-refractivity contribution in [2.45, 2.75) is 26.7 Å². The second-order valence-electron chi connectivity index (χ2n) is 6.56. The molecule has 0 aliphatic carbocycles. The Labute approximate surface area is 166 Å². The standard InChI is InChI=1S/C22H28N2O4/c1-16-7-5-6-8-19(16)23-22(26)12-14-24(17(2)25)13-11-18-9-10-20(27-3)21(15-18)28-4/h5-10,15H,11-14H2,1-4H3,(H,23,26). The van der Waals surface area contributed by atoms with Crippen LogP contribution in [0, 0.1) is 6.92 Å². The first-order chi connectivity index (χ1) is 13.4. The van der Waals surface area contributed by atoms with Gasteiger partial charge in [-0.25, -0.2) is 0 Å². The van der Waals surface area contributed by atoms with Crippen LogP contribution in [0.5, 0.6) is 11.5 Å². The molecule has 2 aromatic rings. The normalized spacial score (nSPS) is 10.3. The molecule has 150 valence electrons. The van der Waals surface area contributed by atoms with Crippen molar-refractivity contribution in [3.8, 4) is 11.5 Å². The van der Waals surface area contributed by atoms with Crippen LogP contribution in [0.3, 0.4) is 0 Å². The van der Waals surface area contributed by atoms with Gasteiger partial charge in [-0.15, -0.1) is 0 Å². The van der Waals surface area contributed by atoms with Gasteiger partial charge in [0.25, 0.3) is 0 Å². The minimum Gasteiger partial charge on any atom is -0.493 e. The summed E-state index contributed by atoms with van der Waals surface area (Å²) in [5.74, 6) is 1.17. The molecule has 0 heterocycles.